The highest BCUT2D eigenvalue weighted by Crippen LogP contribution is 2.44. The number of rotatable bonds is 10. The van der Waals surface area contributed by atoms with Crippen LogP contribution in [0.15, 0.2) is 48.5 Å². The highest BCUT2D eigenvalue weighted by molar-refractivity contribution is 5.80. The molecule has 0 aromatic heterocycles. The molecule has 0 spiro atoms. The number of carbonyl (C=O) groups excluding carboxylic acids is 2. The van der Waals surface area contributed by atoms with Gasteiger partial charge in [0.25, 0.3) is 0 Å². The Morgan fingerprint density at radius 3 is 2.22 bits per heavy atom. The molecule has 1 saturated carbocycles. The Kier molecular flexibility index (Phi) is 6.41. The SMILES string of the molecule is O=C(O)CC1(NC(=O)COCCNC(=O)OCC2c3ccccc3-c3ccccc32)CC1. The first-order valence-corrected chi connectivity index (χ1v) is 10.7. The van der Waals surface area contributed by atoms with Crippen molar-refractivity contribution in [2.24, 2.45) is 0 Å². The third-order valence-corrected chi connectivity index (χ3v) is 5.84. The molecule has 2 aromatic rings. The van der Waals surface area contributed by atoms with Crippen molar-refractivity contribution in [3.05, 3.63) is 59.7 Å². The second kappa shape index (κ2) is 9.40. The van der Waals surface area contributed by atoms with Crippen LogP contribution in [0.25, 0.3) is 11.1 Å². The van der Waals surface area contributed by atoms with Crippen molar-refractivity contribution < 1.29 is 29.0 Å². The van der Waals surface area contributed by atoms with E-state index in [1.165, 1.54) is 11.1 Å². The van der Waals surface area contributed by atoms with E-state index in [1.54, 1.807) is 0 Å². The number of fused-ring (bicyclic) bond motifs is 3. The first-order valence-electron chi connectivity index (χ1n) is 10.7. The first-order chi connectivity index (χ1) is 15.5. The van der Waals surface area contributed by atoms with E-state index in [1.807, 2.05) is 24.3 Å². The van der Waals surface area contributed by atoms with E-state index < -0.39 is 17.6 Å². The van der Waals surface area contributed by atoms with Crippen LogP contribution in [0.5, 0.6) is 0 Å². The summed E-state index contributed by atoms with van der Waals surface area (Å²) < 4.78 is 10.7. The Balaban J connectivity index is 1.16. The van der Waals surface area contributed by atoms with Crippen molar-refractivity contribution in [1.29, 1.82) is 0 Å². The fourth-order valence-corrected chi connectivity index (χ4v) is 4.16. The number of alkyl carbamates (subject to hydrolysis) is 1. The van der Waals surface area contributed by atoms with Crippen LogP contribution in [0, 0.1) is 0 Å². The van der Waals surface area contributed by atoms with Gasteiger partial charge >= 0.3 is 12.1 Å². The summed E-state index contributed by atoms with van der Waals surface area (Å²) in [6, 6.07) is 16.2. The number of amides is 2. The second-order valence-corrected chi connectivity index (χ2v) is 8.20. The first kappa shape index (κ1) is 21.8. The Hall–Kier alpha value is -3.39. The third kappa shape index (κ3) is 5.08. The number of benzene rings is 2. The standard InChI is InChI=1S/C24H26N2O6/c27-21(26-24(9-10-24)13-22(28)29)15-31-12-11-25-23(30)32-14-20-18-7-3-1-5-16(18)17-6-2-4-8-19(17)20/h1-8,20H,9-15H2,(H,25,30)(H,26,27)(H,28,29). The average Bonchev–Trinajstić information content (AvgIpc) is 3.43. The molecule has 0 radical (unpaired) electrons. The zero-order valence-corrected chi connectivity index (χ0v) is 17.6. The molecule has 0 unspecified atom stereocenters. The molecule has 2 aliphatic rings. The highest BCUT2D eigenvalue weighted by atomic mass is 16.5. The van der Waals surface area contributed by atoms with Crippen LogP contribution in [-0.4, -0.2) is 55.0 Å². The summed E-state index contributed by atoms with van der Waals surface area (Å²) in [5, 5.41) is 14.2. The lowest BCUT2D eigenvalue weighted by Crippen LogP contribution is -2.41. The molecule has 168 valence electrons. The summed E-state index contributed by atoms with van der Waals surface area (Å²) in [4.78, 5) is 34.8. The van der Waals surface area contributed by atoms with Crippen molar-refractivity contribution in [2.45, 2.75) is 30.7 Å². The van der Waals surface area contributed by atoms with Gasteiger partial charge in [0.15, 0.2) is 0 Å². The molecular weight excluding hydrogens is 412 g/mol. The Bertz CT molecular complexity index is 972. The van der Waals surface area contributed by atoms with E-state index in [-0.39, 0.29) is 44.6 Å². The number of carboxylic acids is 1. The number of carboxylic acid groups (broad SMARTS) is 1. The molecule has 0 bridgehead atoms. The van der Waals surface area contributed by atoms with E-state index in [4.69, 9.17) is 14.6 Å². The summed E-state index contributed by atoms with van der Waals surface area (Å²) in [6.45, 7) is 0.385. The Labute approximate surface area is 185 Å². The zero-order valence-electron chi connectivity index (χ0n) is 17.6. The maximum absolute atomic E-state index is 12.1. The van der Waals surface area contributed by atoms with Gasteiger partial charge in [-0.05, 0) is 35.1 Å². The van der Waals surface area contributed by atoms with Gasteiger partial charge in [-0.1, -0.05) is 48.5 Å². The molecule has 2 aliphatic carbocycles. The van der Waals surface area contributed by atoms with E-state index >= 15 is 0 Å². The van der Waals surface area contributed by atoms with Gasteiger partial charge < -0.3 is 25.2 Å². The number of hydrogen-bond donors (Lipinski definition) is 3. The van der Waals surface area contributed by atoms with Crippen LogP contribution in [0.4, 0.5) is 4.79 Å². The fraction of sp³-hybridized carbons (Fsp3) is 0.375. The minimum absolute atomic E-state index is 0.00589. The van der Waals surface area contributed by atoms with Gasteiger partial charge in [-0.2, -0.15) is 0 Å². The minimum atomic E-state index is -0.934. The van der Waals surface area contributed by atoms with Gasteiger partial charge in [-0.25, -0.2) is 4.79 Å². The lowest BCUT2D eigenvalue weighted by molar-refractivity contribution is -0.138. The van der Waals surface area contributed by atoms with Gasteiger partial charge in [-0.3, -0.25) is 9.59 Å². The molecule has 8 nitrogen and oxygen atoms in total. The van der Waals surface area contributed by atoms with Gasteiger partial charge in [0, 0.05) is 12.5 Å². The summed E-state index contributed by atoms with van der Waals surface area (Å²) in [6.07, 6.45) is 0.698. The van der Waals surface area contributed by atoms with Crippen LogP contribution < -0.4 is 10.6 Å². The van der Waals surface area contributed by atoms with Crippen molar-refractivity contribution in [3.63, 3.8) is 0 Å². The van der Waals surface area contributed by atoms with E-state index in [0.29, 0.717) is 12.8 Å². The van der Waals surface area contributed by atoms with E-state index in [0.717, 1.165) is 11.1 Å². The Morgan fingerprint density at radius 2 is 1.62 bits per heavy atom. The van der Waals surface area contributed by atoms with Crippen molar-refractivity contribution in [2.75, 3.05) is 26.4 Å². The van der Waals surface area contributed by atoms with Gasteiger partial charge in [-0.15, -0.1) is 0 Å². The lowest BCUT2D eigenvalue weighted by Gasteiger charge is -2.15. The predicted molar refractivity (Wildman–Crippen MR) is 116 cm³/mol. The molecule has 32 heavy (non-hydrogen) atoms. The molecule has 8 heteroatoms. The average molecular weight is 438 g/mol. The van der Waals surface area contributed by atoms with Gasteiger partial charge in [0.1, 0.15) is 13.2 Å². The quantitative estimate of drug-likeness (QED) is 0.492. The number of ether oxygens (including phenoxy) is 2. The molecule has 0 saturated heterocycles. The minimum Gasteiger partial charge on any atom is -0.481 e. The normalized spacial score (nSPS) is 15.4. The second-order valence-electron chi connectivity index (χ2n) is 8.20. The summed E-state index contributed by atoms with van der Waals surface area (Å²) in [7, 11) is 0. The van der Waals surface area contributed by atoms with E-state index in [9.17, 15) is 14.4 Å². The lowest BCUT2D eigenvalue weighted by atomic mass is 9.98. The molecule has 2 aromatic carbocycles. The zero-order chi connectivity index (χ0) is 22.6. The molecule has 3 N–H and O–H groups in total. The molecule has 4 rings (SSSR count). The van der Waals surface area contributed by atoms with E-state index in [2.05, 4.69) is 34.9 Å². The number of hydrogen-bond acceptors (Lipinski definition) is 5. The molecular formula is C24H26N2O6. The number of carbonyl (C=O) groups is 3. The smallest absolute Gasteiger partial charge is 0.407 e. The number of nitrogens with one attached hydrogen (secondary N) is 2. The van der Waals surface area contributed by atoms with Gasteiger partial charge in [0.2, 0.25) is 5.91 Å². The molecule has 0 atom stereocenters. The monoisotopic (exact) mass is 438 g/mol. The Morgan fingerprint density at radius 1 is 1.00 bits per heavy atom. The van der Waals surface area contributed by atoms with Crippen molar-refractivity contribution in [3.8, 4) is 11.1 Å². The predicted octanol–water partition coefficient (Wildman–Crippen LogP) is 2.67. The van der Waals surface area contributed by atoms with Crippen LogP contribution in [0.3, 0.4) is 0 Å². The molecule has 2 amide bonds. The molecule has 0 aliphatic heterocycles. The van der Waals surface area contributed by atoms with Crippen LogP contribution >= 0.6 is 0 Å². The van der Waals surface area contributed by atoms with Crippen LogP contribution in [0.1, 0.15) is 36.3 Å². The molecule has 0 heterocycles. The van der Waals surface area contributed by atoms with Crippen LogP contribution in [-0.2, 0) is 19.1 Å². The third-order valence-electron chi connectivity index (χ3n) is 5.84. The largest absolute Gasteiger partial charge is 0.481 e. The topological polar surface area (TPSA) is 114 Å². The fourth-order valence-electron chi connectivity index (χ4n) is 4.16. The summed E-state index contributed by atoms with van der Waals surface area (Å²) in [5.74, 6) is -1.30. The molecule has 1 fully saturated rings. The summed E-state index contributed by atoms with van der Waals surface area (Å²) >= 11 is 0. The highest BCUT2D eigenvalue weighted by Gasteiger charge is 2.45. The summed E-state index contributed by atoms with van der Waals surface area (Å²) in [5.41, 5.74) is 4.01. The number of aliphatic carboxylic acids is 1. The van der Waals surface area contributed by atoms with Crippen LogP contribution in [0.2, 0.25) is 0 Å². The van der Waals surface area contributed by atoms with Crippen molar-refractivity contribution >= 4 is 18.0 Å². The van der Waals surface area contributed by atoms with Crippen molar-refractivity contribution in [1.82, 2.24) is 10.6 Å². The maximum atomic E-state index is 12.1. The van der Waals surface area contributed by atoms with Gasteiger partial charge in [0.05, 0.1) is 18.6 Å². The maximum Gasteiger partial charge on any atom is 0.407 e.